The summed E-state index contributed by atoms with van der Waals surface area (Å²) in [6.45, 7) is 1.99. The molecule has 128 valence electrons. The summed E-state index contributed by atoms with van der Waals surface area (Å²) >= 11 is 0. The number of fused-ring (bicyclic) bond motifs is 1. The van der Waals surface area contributed by atoms with Crippen molar-refractivity contribution in [1.29, 1.82) is 0 Å². The molecule has 1 amide bonds. The number of aryl methyl sites for hydroxylation is 2. The minimum absolute atomic E-state index is 0.0149. The molecular formula is C19H21N5O. The summed E-state index contributed by atoms with van der Waals surface area (Å²) in [5.41, 5.74) is 4.91. The van der Waals surface area contributed by atoms with E-state index >= 15 is 0 Å². The zero-order valence-electron chi connectivity index (χ0n) is 14.4. The van der Waals surface area contributed by atoms with Crippen LogP contribution >= 0.6 is 0 Å². The second-order valence-electron chi connectivity index (χ2n) is 6.58. The molecule has 1 aliphatic carbocycles. The van der Waals surface area contributed by atoms with Gasteiger partial charge in [-0.25, -0.2) is 4.98 Å². The average Bonchev–Trinajstić information content (AvgIpc) is 3.26. The summed E-state index contributed by atoms with van der Waals surface area (Å²) in [5, 5.41) is 7.56. The SMILES string of the molecule is Cc1ccc(-n2ccnc2)c(C(=O)NC2CCCc3c2cnn3C)c1. The summed E-state index contributed by atoms with van der Waals surface area (Å²) in [6.07, 6.45) is 10.2. The molecule has 1 atom stereocenters. The van der Waals surface area contributed by atoms with E-state index in [1.54, 1.807) is 12.5 Å². The molecule has 6 nitrogen and oxygen atoms in total. The van der Waals surface area contributed by atoms with E-state index < -0.39 is 0 Å². The first kappa shape index (κ1) is 15.6. The minimum atomic E-state index is -0.0610. The van der Waals surface area contributed by atoms with Crippen molar-refractivity contribution in [2.24, 2.45) is 7.05 Å². The molecule has 2 heterocycles. The van der Waals surface area contributed by atoms with Crippen molar-refractivity contribution in [3.8, 4) is 5.69 Å². The van der Waals surface area contributed by atoms with Crippen LogP contribution in [0.4, 0.5) is 0 Å². The molecule has 0 spiro atoms. The molecule has 0 radical (unpaired) electrons. The normalized spacial score (nSPS) is 16.5. The lowest BCUT2D eigenvalue weighted by Gasteiger charge is -2.24. The first-order valence-electron chi connectivity index (χ1n) is 8.54. The third-order valence-electron chi connectivity index (χ3n) is 4.86. The standard InChI is InChI=1S/C19H21N5O/c1-13-6-7-18(24-9-8-20-12-24)14(10-13)19(25)22-16-4-3-5-17-15(16)11-21-23(17)2/h6-12,16H,3-5H2,1-2H3,(H,22,25). The third-order valence-corrected chi connectivity index (χ3v) is 4.86. The highest BCUT2D eigenvalue weighted by Gasteiger charge is 2.26. The van der Waals surface area contributed by atoms with Gasteiger partial charge < -0.3 is 9.88 Å². The van der Waals surface area contributed by atoms with Gasteiger partial charge in [0.25, 0.3) is 5.91 Å². The topological polar surface area (TPSA) is 64.7 Å². The molecule has 3 aromatic rings. The van der Waals surface area contributed by atoms with Crippen molar-refractivity contribution in [2.45, 2.75) is 32.2 Å². The van der Waals surface area contributed by atoms with Gasteiger partial charge in [0.05, 0.1) is 29.8 Å². The van der Waals surface area contributed by atoms with Crippen LogP contribution in [0.5, 0.6) is 0 Å². The summed E-state index contributed by atoms with van der Waals surface area (Å²) < 4.78 is 3.78. The molecule has 6 heteroatoms. The first-order chi connectivity index (χ1) is 12.1. The van der Waals surface area contributed by atoms with Crippen LogP contribution in [0.2, 0.25) is 0 Å². The Kier molecular flexibility index (Phi) is 3.87. The second kappa shape index (κ2) is 6.20. The molecule has 0 saturated heterocycles. The Morgan fingerprint density at radius 2 is 2.24 bits per heavy atom. The van der Waals surface area contributed by atoms with Crippen LogP contribution in [0.3, 0.4) is 0 Å². The van der Waals surface area contributed by atoms with Crippen molar-refractivity contribution >= 4 is 5.91 Å². The summed E-state index contributed by atoms with van der Waals surface area (Å²) in [4.78, 5) is 17.1. The van der Waals surface area contributed by atoms with Crippen LogP contribution in [-0.4, -0.2) is 25.2 Å². The molecule has 1 aliphatic rings. The number of aromatic nitrogens is 4. The number of rotatable bonds is 3. The van der Waals surface area contributed by atoms with Gasteiger partial charge in [-0.15, -0.1) is 0 Å². The average molecular weight is 335 g/mol. The van der Waals surface area contributed by atoms with Crippen LogP contribution in [0, 0.1) is 6.92 Å². The first-order valence-corrected chi connectivity index (χ1v) is 8.54. The fourth-order valence-corrected chi connectivity index (χ4v) is 3.55. The Labute approximate surface area is 146 Å². The number of carbonyl (C=O) groups excluding carboxylic acids is 1. The Bertz CT molecular complexity index is 910. The second-order valence-corrected chi connectivity index (χ2v) is 6.58. The third kappa shape index (κ3) is 2.84. The predicted molar refractivity (Wildman–Crippen MR) is 94.7 cm³/mol. The highest BCUT2D eigenvalue weighted by molar-refractivity contribution is 5.98. The quantitative estimate of drug-likeness (QED) is 0.800. The molecule has 25 heavy (non-hydrogen) atoms. The van der Waals surface area contributed by atoms with Gasteiger partial charge in [-0.1, -0.05) is 11.6 Å². The highest BCUT2D eigenvalue weighted by Crippen LogP contribution is 2.29. The van der Waals surface area contributed by atoms with E-state index in [9.17, 15) is 4.79 Å². The summed E-state index contributed by atoms with van der Waals surface area (Å²) in [6, 6.07) is 5.91. The van der Waals surface area contributed by atoms with Gasteiger partial charge >= 0.3 is 0 Å². The summed E-state index contributed by atoms with van der Waals surface area (Å²) in [5.74, 6) is -0.0610. The predicted octanol–water partition coefficient (Wildman–Crippen LogP) is 2.72. The maximum absolute atomic E-state index is 13.0. The maximum Gasteiger partial charge on any atom is 0.253 e. The molecule has 0 saturated carbocycles. The van der Waals surface area contributed by atoms with Crippen LogP contribution in [0.25, 0.3) is 5.69 Å². The molecule has 1 unspecified atom stereocenters. The number of benzene rings is 1. The Morgan fingerprint density at radius 1 is 1.36 bits per heavy atom. The van der Waals surface area contributed by atoms with Gasteiger partial charge in [-0.3, -0.25) is 9.48 Å². The lowest BCUT2D eigenvalue weighted by Crippen LogP contribution is -2.31. The van der Waals surface area contributed by atoms with Crippen LogP contribution in [0.1, 0.15) is 46.1 Å². The van der Waals surface area contributed by atoms with E-state index in [0.29, 0.717) is 5.56 Å². The molecule has 1 N–H and O–H groups in total. The van der Waals surface area contributed by atoms with Gasteiger partial charge in [-0.05, 0) is 38.3 Å². The van der Waals surface area contributed by atoms with Gasteiger partial charge in [0.1, 0.15) is 0 Å². The van der Waals surface area contributed by atoms with Crippen molar-refractivity contribution in [3.05, 3.63) is 65.5 Å². The van der Waals surface area contributed by atoms with E-state index in [0.717, 1.165) is 36.1 Å². The number of carbonyl (C=O) groups is 1. The van der Waals surface area contributed by atoms with Crippen LogP contribution in [-0.2, 0) is 13.5 Å². The van der Waals surface area contributed by atoms with E-state index in [-0.39, 0.29) is 11.9 Å². The van der Waals surface area contributed by atoms with Gasteiger partial charge in [-0.2, -0.15) is 5.10 Å². The Balaban J connectivity index is 1.65. The fraction of sp³-hybridized carbons (Fsp3) is 0.316. The number of nitrogens with zero attached hydrogens (tertiary/aromatic N) is 4. The number of hydrogen-bond acceptors (Lipinski definition) is 3. The molecule has 0 aliphatic heterocycles. The van der Waals surface area contributed by atoms with E-state index in [4.69, 9.17) is 0 Å². The van der Waals surface area contributed by atoms with Crippen molar-refractivity contribution in [1.82, 2.24) is 24.6 Å². The van der Waals surface area contributed by atoms with E-state index in [2.05, 4.69) is 15.4 Å². The minimum Gasteiger partial charge on any atom is -0.345 e. The maximum atomic E-state index is 13.0. The van der Waals surface area contributed by atoms with Crippen molar-refractivity contribution in [3.63, 3.8) is 0 Å². The van der Waals surface area contributed by atoms with E-state index in [1.807, 2.05) is 53.8 Å². The van der Waals surface area contributed by atoms with Crippen molar-refractivity contribution in [2.75, 3.05) is 0 Å². The number of imidazole rings is 1. The highest BCUT2D eigenvalue weighted by atomic mass is 16.1. The molecule has 4 rings (SSSR count). The number of nitrogens with one attached hydrogen (secondary N) is 1. The number of amides is 1. The zero-order chi connectivity index (χ0) is 17.4. The molecular weight excluding hydrogens is 314 g/mol. The van der Waals surface area contributed by atoms with Gasteiger partial charge in [0.2, 0.25) is 0 Å². The monoisotopic (exact) mass is 335 g/mol. The molecule has 1 aromatic carbocycles. The Morgan fingerprint density at radius 3 is 3.04 bits per heavy atom. The molecule has 0 fully saturated rings. The number of hydrogen-bond donors (Lipinski definition) is 1. The molecule has 2 aromatic heterocycles. The van der Waals surface area contributed by atoms with E-state index in [1.165, 1.54) is 5.69 Å². The lowest BCUT2D eigenvalue weighted by molar-refractivity contribution is 0.0932. The van der Waals surface area contributed by atoms with Gasteiger partial charge in [0, 0.05) is 30.7 Å². The fourth-order valence-electron chi connectivity index (χ4n) is 3.55. The van der Waals surface area contributed by atoms with Crippen LogP contribution < -0.4 is 5.32 Å². The Hall–Kier alpha value is -2.89. The summed E-state index contributed by atoms with van der Waals surface area (Å²) in [7, 11) is 1.96. The zero-order valence-corrected chi connectivity index (χ0v) is 14.4. The van der Waals surface area contributed by atoms with Crippen molar-refractivity contribution < 1.29 is 4.79 Å². The smallest absolute Gasteiger partial charge is 0.253 e. The van der Waals surface area contributed by atoms with Crippen LogP contribution in [0.15, 0.2) is 43.1 Å². The largest absolute Gasteiger partial charge is 0.345 e. The van der Waals surface area contributed by atoms with Gasteiger partial charge in [0.15, 0.2) is 0 Å². The molecule has 0 bridgehead atoms. The lowest BCUT2D eigenvalue weighted by atomic mass is 9.92.